The summed E-state index contributed by atoms with van der Waals surface area (Å²) in [7, 11) is 0. The van der Waals surface area contributed by atoms with Gasteiger partial charge in [0.2, 0.25) is 0 Å². The number of aliphatic hydroxyl groups excluding tert-OH is 1. The summed E-state index contributed by atoms with van der Waals surface area (Å²) in [4.78, 5) is 21.1. The molecule has 0 heterocycles. The third kappa shape index (κ3) is 4.22. The number of hydrogen-bond donors (Lipinski definition) is 2. The molecule has 104 valence electrons. The lowest BCUT2D eigenvalue weighted by atomic mass is 10.1. The van der Waals surface area contributed by atoms with Crippen LogP contribution in [0, 0.1) is 10.1 Å². The zero-order valence-corrected chi connectivity index (χ0v) is 10.2. The van der Waals surface area contributed by atoms with Gasteiger partial charge in [0, 0.05) is 6.61 Å². The van der Waals surface area contributed by atoms with Crippen molar-refractivity contribution in [3.8, 4) is 5.75 Å². The molecule has 7 heteroatoms. The zero-order valence-electron chi connectivity index (χ0n) is 10.2. The SMILES string of the molecule is O=C(O)c1cccc(OCCCCCO)c1[N+](=O)[O-]. The Morgan fingerprint density at radius 2 is 2.05 bits per heavy atom. The summed E-state index contributed by atoms with van der Waals surface area (Å²) in [6.07, 6.45) is 2.01. The van der Waals surface area contributed by atoms with Gasteiger partial charge in [0.05, 0.1) is 11.5 Å². The highest BCUT2D eigenvalue weighted by Gasteiger charge is 2.25. The lowest BCUT2D eigenvalue weighted by molar-refractivity contribution is -0.386. The number of ether oxygens (including phenoxy) is 1. The van der Waals surface area contributed by atoms with E-state index in [0.29, 0.717) is 12.8 Å². The van der Waals surface area contributed by atoms with Crippen LogP contribution in [-0.4, -0.2) is 34.3 Å². The molecule has 0 aliphatic heterocycles. The predicted octanol–water partition coefficient (Wildman–Crippen LogP) is 1.83. The van der Waals surface area contributed by atoms with Crippen LogP contribution in [0.1, 0.15) is 29.6 Å². The Hall–Kier alpha value is -2.15. The van der Waals surface area contributed by atoms with Crippen LogP contribution in [-0.2, 0) is 0 Å². The molecule has 0 amide bonds. The van der Waals surface area contributed by atoms with Crippen molar-refractivity contribution >= 4 is 11.7 Å². The largest absolute Gasteiger partial charge is 0.487 e. The fourth-order valence-corrected chi connectivity index (χ4v) is 1.57. The van der Waals surface area contributed by atoms with Gasteiger partial charge in [-0.2, -0.15) is 0 Å². The summed E-state index contributed by atoms with van der Waals surface area (Å²) in [5.74, 6) is -1.41. The summed E-state index contributed by atoms with van der Waals surface area (Å²) in [5, 5.41) is 28.4. The average Bonchev–Trinajstić information content (AvgIpc) is 2.37. The average molecular weight is 269 g/mol. The van der Waals surface area contributed by atoms with E-state index < -0.39 is 22.1 Å². The molecule has 0 aromatic heterocycles. The number of carbonyl (C=O) groups is 1. The minimum absolute atomic E-state index is 0.0473. The molecule has 0 saturated carbocycles. The molecule has 0 spiro atoms. The van der Waals surface area contributed by atoms with E-state index in [2.05, 4.69) is 0 Å². The number of rotatable bonds is 8. The van der Waals surface area contributed by atoms with Crippen LogP contribution in [0.25, 0.3) is 0 Å². The van der Waals surface area contributed by atoms with Gasteiger partial charge in [-0.25, -0.2) is 4.79 Å². The number of hydrogen-bond acceptors (Lipinski definition) is 5. The number of carboxylic acid groups (broad SMARTS) is 1. The number of para-hydroxylation sites is 1. The van der Waals surface area contributed by atoms with Crippen LogP contribution in [0.5, 0.6) is 5.75 Å². The third-order valence-electron chi connectivity index (χ3n) is 2.47. The first-order valence-corrected chi connectivity index (χ1v) is 5.82. The van der Waals surface area contributed by atoms with Gasteiger partial charge in [0.1, 0.15) is 5.56 Å². The molecule has 0 saturated heterocycles. The minimum atomic E-state index is -1.36. The number of nitrogens with zero attached hydrogens (tertiary/aromatic N) is 1. The van der Waals surface area contributed by atoms with E-state index in [1.165, 1.54) is 18.2 Å². The highest BCUT2D eigenvalue weighted by molar-refractivity contribution is 5.93. The maximum atomic E-state index is 10.9. The van der Waals surface area contributed by atoms with E-state index in [-0.39, 0.29) is 19.0 Å². The molecule has 0 atom stereocenters. The first-order chi connectivity index (χ1) is 9.07. The second-order valence-corrected chi connectivity index (χ2v) is 3.85. The van der Waals surface area contributed by atoms with Gasteiger partial charge in [0.25, 0.3) is 0 Å². The van der Waals surface area contributed by atoms with Crippen molar-refractivity contribution in [3.05, 3.63) is 33.9 Å². The van der Waals surface area contributed by atoms with E-state index >= 15 is 0 Å². The number of nitro benzene ring substituents is 1. The lowest BCUT2D eigenvalue weighted by Gasteiger charge is -2.07. The van der Waals surface area contributed by atoms with Gasteiger partial charge in [-0.15, -0.1) is 0 Å². The number of nitro groups is 1. The van der Waals surface area contributed by atoms with E-state index in [9.17, 15) is 14.9 Å². The smallest absolute Gasteiger partial charge is 0.342 e. The Morgan fingerprint density at radius 3 is 2.63 bits per heavy atom. The second-order valence-electron chi connectivity index (χ2n) is 3.85. The van der Waals surface area contributed by atoms with Gasteiger partial charge in [0.15, 0.2) is 5.75 Å². The van der Waals surface area contributed by atoms with Crippen molar-refractivity contribution < 1.29 is 24.7 Å². The quantitative estimate of drug-likeness (QED) is 0.423. The summed E-state index contributed by atoms with van der Waals surface area (Å²) in [6, 6.07) is 3.94. The maximum absolute atomic E-state index is 10.9. The van der Waals surface area contributed by atoms with Gasteiger partial charge in [-0.3, -0.25) is 10.1 Å². The molecule has 19 heavy (non-hydrogen) atoms. The number of benzene rings is 1. The molecule has 0 aliphatic carbocycles. The van der Waals surface area contributed by atoms with Crippen molar-refractivity contribution in [2.45, 2.75) is 19.3 Å². The molecule has 1 aromatic rings. The van der Waals surface area contributed by atoms with Crippen molar-refractivity contribution in [2.75, 3.05) is 13.2 Å². The number of unbranched alkanes of at least 4 members (excludes halogenated alkanes) is 2. The van der Waals surface area contributed by atoms with Crippen LogP contribution in [0.3, 0.4) is 0 Å². The molecule has 7 nitrogen and oxygen atoms in total. The lowest BCUT2D eigenvalue weighted by Crippen LogP contribution is -2.06. The molecular weight excluding hydrogens is 254 g/mol. The van der Waals surface area contributed by atoms with Crippen LogP contribution in [0.4, 0.5) is 5.69 Å². The second kappa shape index (κ2) is 7.32. The Balaban J connectivity index is 2.80. The molecular formula is C12H15NO6. The Bertz CT molecular complexity index is 460. The molecule has 1 aromatic carbocycles. The monoisotopic (exact) mass is 269 g/mol. The van der Waals surface area contributed by atoms with Crippen molar-refractivity contribution in [1.82, 2.24) is 0 Å². The first-order valence-electron chi connectivity index (χ1n) is 5.82. The Kier molecular flexibility index (Phi) is 5.74. The first kappa shape index (κ1) is 14.9. The zero-order chi connectivity index (χ0) is 14.3. The Morgan fingerprint density at radius 1 is 1.32 bits per heavy atom. The van der Waals surface area contributed by atoms with Crippen LogP contribution >= 0.6 is 0 Å². The number of carboxylic acids is 1. The third-order valence-corrected chi connectivity index (χ3v) is 2.47. The fourth-order valence-electron chi connectivity index (χ4n) is 1.57. The minimum Gasteiger partial charge on any atom is -0.487 e. The van der Waals surface area contributed by atoms with Gasteiger partial charge < -0.3 is 14.9 Å². The van der Waals surface area contributed by atoms with E-state index in [1.807, 2.05) is 0 Å². The van der Waals surface area contributed by atoms with Gasteiger partial charge in [-0.1, -0.05) is 6.07 Å². The summed E-state index contributed by atoms with van der Waals surface area (Å²) >= 11 is 0. The number of aromatic carboxylic acids is 1. The summed E-state index contributed by atoms with van der Waals surface area (Å²) in [5.41, 5.74) is -0.921. The van der Waals surface area contributed by atoms with Crippen molar-refractivity contribution in [2.24, 2.45) is 0 Å². The highest BCUT2D eigenvalue weighted by atomic mass is 16.6. The fraction of sp³-hybridized carbons (Fsp3) is 0.417. The highest BCUT2D eigenvalue weighted by Crippen LogP contribution is 2.30. The summed E-state index contributed by atoms with van der Waals surface area (Å²) in [6.45, 7) is 0.332. The van der Waals surface area contributed by atoms with Crippen molar-refractivity contribution in [3.63, 3.8) is 0 Å². The standard InChI is InChI=1S/C12H15NO6/c14-7-2-1-3-8-19-10-6-4-5-9(12(15)16)11(10)13(17)18/h4-6,14H,1-3,7-8H2,(H,15,16). The maximum Gasteiger partial charge on any atom is 0.342 e. The van der Waals surface area contributed by atoms with Crippen LogP contribution in [0.2, 0.25) is 0 Å². The van der Waals surface area contributed by atoms with Gasteiger partial charge >= 0.3 is 11.7 Å². The normalized spacial score (nSPS) is 10.2. The molecule has 0 radical (unpaired) electrons. The number of aliphatic hydroxyl groups is 1. The molecule has 0 bridgehead atoms. The molecule has 0 aliphatic rings. The molecule has 1 rings (SSSR count). The van der Waals surface area contributed by atoms with Crippen LogP contribution < -0.4 is 4.74 Å². The summed E-state index contributed by atoms with van der Waals surface area (Å²) < 4.78 is 5.25. The predicted molar refractivity (Wildman–Crippen MR) is 66.5 cm³/mol. The molecule has 0 fully saturated rings. The van der Waals surface area contributed by atoms with Crippen molar-refractivity contribution in [1.29, 1.82) is 0 Å². The van der Waals surface area contributed by atoms with Crippen LogP contribution in [0.15, 0.2) is 18.2 Å². The molecule has 2 N–H and O–H groups in total. The van der Waals surface area contributed by atoms with E-state index in [1.54, 1.807) is 0 Å². The molecule has 0 unspecified atom stereocenters. The van der Waals surface area contributed by atoms with E-state index in [0.717, 1.165) is 6.42 Å². The Labute approximate surface area is 109 Å². The van der Waals surface area contributed by atoms with E-state index in [4.69, 9.17) is 14.9 Å². The van der Waals surface area contributed by atoms with Gasteiger partial charge in [-0.05, 0) is 31.4 Å². The topological polar surface area (TPSA) is 110 Å².